The van der Waals surface area contributed by atoms with Crippen molar-refractivity contribution in [1.82, 2.24) is 0 Å². The van der Waals surface area contributed by atoms with E-state index in [0.29, 0.717) is 0 Å². The van der Waals surface area contributed by atoms with Crippen molar-refractivity contribution in [2.45, 2.75) is 61.3 Å². The molecule has 2 fully saturated rings. The molecule has 2 aliphatic rings. The minimum absolute atomic E-state index is 0.388. The third-order valence-electron chi connectivity index (χ3n) is 4.02. The summed E-state index contributed by atoms with van der Waals surface area (Å²) in [5, 5.41) is 67.1. The van der Waals surface area contributed by atoms with E-state index in [1.807, 2.05) is 0 Å². The maximum absolute atomic E-state index is 9.81. The quantitative estimate of drug-likeness (QED) is 0.243. The van der Waals surface area contributed by atoms with Crippen LogP contribution in [0.4, 0.5) is 0 Å². The van der Waals surface area contributed by atoms with E-state index in [4.69, 9.17) is 25.1 Å². The van der Waals surface area contributed by atoms with E-state index >= 15 is 0 Å². The maximum Gasteiger partial charge on any atom is 0.186 e. The van der Waals surface area contributed by atoms with Gasteiger partial charge >= 0.3 is 0 Å². The van der Waals surface area contributed by atoms with Crippen LogP contribution in [-0.4, -0.2) is 110 Å². The molecule has 10 atom stereocenters. The molecule has 11 heteroatoms. The molecule has 2 heterocycles. The fraction of sp³-hybridized carbons (Fsp3) is 1.00. The first-order valence-corrected chi connectivity index (χ1v) is 7.15. The summed E-state index contributed by atoms with van der Waals surface area (Å²) in [5.74, 6) is 0. The van der Waals surface area contributed by atoms with E-state index in [0.717, 1.165) is 0 Å². The summed E-state index contributed by atoms with van der Waals surface area (Å²) in [4.78, 5) is 0. The van der Waals surface area contributed by atoms with Gasteiger partial charge < -0.3 is 55.7 Å². The Bertz CT molecular complexity index is 385. The Labute approximate surface area is 131 Å². The summed E-state index contributed by atoms with van der Waals surface area (Å²) < 4.78 is 15.4. The van der Waals surface area contributed by atoms with E-state index in [1.165, 1.54) is 0 Å². The van der Waals surface area contributed by atoms with Gasteiger partial charge in [0.15, 0.2) is 6.29 Å². The van der Waals surface area contributed by atoms with Crippen molar-refractivity contribution in [1.29, 1.82) is 0 Å². The smallest absolute Gasteiger partial charge is 0.186 e. The molecule has 0 spiro atoms. The fourth-order valence-electron chi connectivity index (χ4n) is 2.51. The average molecular weight is 341 g/mol. The Morgan fingerprint density at radius 2 is 1.30 bits per heavy atom. The Kier molecular flexibility index (Phi) is 6.27. The number of nitrogens with two attached hydrogens (primary N) is 1. The van der Waals surface area contributed by atoms with Crippen molar-refractivity contribution in [2.75, 3.05) is 13.2 Å². The fourth-order valence-corrected chi connectivity index (χ4v) is 2.51. The second-order valence-corrected chi connectivity index (χ2v) is 5.64. The SMILES string of the molecule is N[C@@H]1O[C@H](CO[C@H]2O[C@H](CO)[C@@H](O)[C@H](O)[C@H]2O)[C@@H](O)[C@H](O)[C@H]1O. The molecular weight excluding hydrogens is 318 g/mol. The summed E-state index contributed by atoms with van der Waals surface area (Å²) in [7, 11) is 0. The summed E-state index contributed by atoms with van der Waals surface area (Å²) >= 11 is 0. The minimum atomic E-state index is -1.60. The van der Waals surface area contributed by atoms with Crippen molar-refractivity contribution in [3.05, 3.63) is 0 Å². The molecular formula is C12H23NO10. The van der Waals surface area contributed by atoms with Gasteiger partial charge in [-0.15, -0.1) is 0 Å². The Hall–Kier alpha value is -0.440. The highest BCUT2D eigenvalue weighted by Gasteiger charge is 2.46. The van der Waals surface area contributed by atoms with E-state index < -0.39 is 68.0 Å². The normalized spacial score (nSPS) is 51.7. The molecule has 0 amide bonds. The number of rotatable bonds is 4. The molecule has 11 nitrogen and oxygen atoms in total. The number of ether oxygens (including phenoxy) is 3. The van der Waals surface area contributed by atoms with Gasteiger partial charge in [0.25, 0.3) is 0 Å². The molecule has 0 aromatic rings. The van der Waals surface area contributed by atoms with Crippen molar-refractivity contribution < 1.29 is 50.0 Å². The van der Waals surface area contributed by atoms with Gasteiger partial charge in [0.05, 0.1) is 13.2 Å². The van der Waals surface area contributed by atoms with Crippen molar-refractivity contribution in [3.8, 4) is 0 Å². The highest BCUT2D eigenvalue weighted by molar-refractivity contribution is 4.91. The van der Waals surface area contributed by atoms with Crippen LogP contribution in [-0.2, 0) is 14.2 Å². The molecule has 0 aromatic carbocycles. The maximum atomic E-state index is 9.81. The average Bonchev–Trinajstić information content (AvgIpc) is 2.54. The van der Waals surface area contributed by atoms with Gasteiger partial charge in [0, 0.05) is 0 Å². The molecule has 0 bridgehead atoms. The lowest BCUT2D eigenvalue weighted by molar-refractivity contribution is -0.314. The zero-order valence-electron chi connectivity index (χ0n) is 12.1. The standard InChI is InChI=1S/C12H23NO10/c13-11-9(19)7(17)6(16)4(22-11)2-21-12-10(20)8(18)5(15)3(1-14)23-12/h3-12,14-20H,1-2,13H2/t3-,4-,5-,6-,7+,8+,9-,10-,11-,12+/m1/s1. The Morgan fingerprint density at radius 3 is 1.91 bits per heavy atom. The van der Waals surface area contributed by atoms with Gasteiger partial charge in [-0.25, -0.2) is 0 Å². The van der Waals surface area contributed by atoms with Gasteiger partial charge in [-0.3, -0.25) is 0 Å². The lowest BCUT2D eigenvalue weighted by Crippen LogP contribution is -2.62. The van der Waals surface area contributed by atoms with E-state index in [1.54, 1.807) is 0 Å². The zero-order valence-corrected chi connectivity index (χ0v) is 12.1. The Balaban J connectivity index is 1.94. The molecule has 0 unspecified atom stereocenters. The van der Waals surface area contributed by atoms with Crippen molar-refractivity contribution >= 4 is 0 Å². The highest BCUT2D eigenvalue weighted by Crippen LogP contribution is 2.24. The largest absolute Gasteiger partial charge is 0.394 e. The van der Waals surface area contributed by atoms with Crippen LogP contribution in [0.25, 0.3) is 0 Å². The van der Waals surface area contributed by atoms with Gasteiger partial charge in [-0.05, 0) is 0 Å². The second kappa shape index (κ2) is 7.63. The monoisotopic (exact) mass is 341 g/mol. The van der Waals surface area contributed by atoms with Gasteiger partial charge in [0.2, 0.25) is 0 Å². The first kappa shape index (κ1) is 18.9. The third kappa shape index (κ3) is 3.81. The molecule has 2 aliphatic heterocycles. The van der Waals surface area contributed by atoms with Crippen LogP contribution in [0.15, 0.2) is 0 Å². The molecule has 23 heavy (non-hydrogen) atoms. The van der Waals surface area contributed by atoms with Gasteiger partial charge in [-0.2, -0.15) is 0 Å². The first-order valence-electron chi connectivity index (χ1n) is 7.15. The number of aliphatic hydroxyl groups is 7. The van der Waals surface area contributed by atoms with Crippen LogP contribution >= 0.6 is 0 Å². The van der Waals surface area contributed by atoms with Gasteiger partial charge in [-0.1, -0.05) is 0 Å². The van der Waals surface area contributed by atoms with Crippen LogP contribution in [0.3, 0.4) is 0 Å². The van der Waals surface area contributed by atoms with Crippen LogP contribution in [0, 0.1) is 0 Å². The number of hydrogen-bond donors (Lipinski definition) is 8. The number of aliphatic hydroxyl groups excluding tert-OH is 7. The zero-order chi connectivity index (χ0) is 17.3. The number of hydrogen-bond acceptors (Lipinski definition) is 11. The predicted molar refractivity (Wildman–Crippen MR) is 70.6 cm³/mol. The van der Waals surface area contributed by atoms with Crippen LogP contribution in [0.5, 0.6) is 0 Å². The molecule has 2 rings (SSSR count). The topological polar surface area (TPSA) is 195 Å². The van der Waals surface area contributed by atoms with E-state index in [2.05, 4.69) is 0 Å². The van der Waals surface area contributed by atoms with Crippen molar-refractivity contribution in [3.63, 3.8) is 0 Å². The summed E-state index contributed by atoms with van der Waals surface area (Å²) in [6.45, 7) is -0.996. The van der Waals surface area contributed by atoms with Crippen LogP contribution in [0.1, 0.15) is 0 Å². The second-order valence-electron chi connectivity index (χ2n) is 5.64. The van der Waals surface area contributed by atoms with Crippen molar-refractivity contribution in [2.24, 2.45) is 5.73 Å². The minimum Gasteiger partial charge on any atom is -0.394 e. The van der Waals surface area contributed by atoms with E-state index in [9.17, 15) is 30.6 Å². The summed E-state index contributed by atoms with van der Waals surface area (Å²) in [6, 6.07) is 0. The molecule has 9 N–H and O–H groups in total. The summed E-state index contributed by atoms with van der Waals surface area (Å²) in [5.41, 5.74) is 5.46. The summed E-state index contributed by atoms with van der Waals surface area (Å²) in [6.07, 6.45) is -14.1. The first-order chi connectivity index (χ1) is 10.8. The van der Waals surface area contributed by atoms with Crippen LogP contribution < -0.4 is 5.73 Å². The molecule has 0 radical (unpaired) electrons. The molecule has 0 aliphatic carbocycles. The highest BCUT2D eigenvalue weighted by atomic mass is 16.7. The molecule has 0 saturated carbocycles. The van der Waals surface area contributed by atoms with Gasteiger partial charge in [0.1, 0.15) is 55.1 Å². The Morgan fingerprint density at radius 1 is 0.739 bits per heavy atom. The lowest BCUT2D eigenvalue weighted by atomic mass is 9.98. The van der Waals surface area contributed by atoms with Crippen LogP contribution in [0.2, 0.25) is 0 Å². The molecule has 136 valence electrons. The third-order valence-corrected chi connectivity index (χ3v) is 4.02. The molecule has 0 aromatic heterocycles. The van der Waals surface area contributed by atoms with E-state index in [-0.39, 0.29) is 6.61 Å². The lowest BCUT2D eigenvalue weighted by Gasteiger charge is -2.42. The molecule has 2 saturated heterocycles. The predicted octanol–water partition coefficient (Wildman–Crippen LogP) is -5.43.